The highest BCUT2D eigenvalue weighted by atomic mass is 19.1. The Morgan fingerprint density at radius 2 is 1.91 bits per heavy atom. The summed E-state index contributed by atoms with van der Waals surface area (Å²) in [5.74, 6) is -5.43. The van der Waals surface area contributed by atoms with Crippen LogP contribution in [0, 0.1) is 17.5 Å². The van der Waals surface area contributed by atoms with Gasteiger partial charge in [0.15, 0.2) is 11.6 Å². The van der Waals surface area contributed by atoms with Crippen LogP contribution in [0.25, 0.3) is 16.8 Å². The molecule has 0 amide bonds. The number of aromatic carboxylic acids is 1. The summed E-state index contributed by atoms with van der Waals surface area (Å²) in [6.07, 6.45) is 1.28. The number of nitrogens with one attached hydrogen (secondary N) is 1. The molecule has 1 aromatic carbocycles. The van der Waals surface area contributed by atoms with E-state index in [0.29, 0.717) is 30.0 Å². The molecule has 12 heteroatoms. The minimum Gasteiger partial charge on any atom is -0.481 e. The van der Waals surface area contributed by atoms with E-state index in [9.17, 15) is 28.3 Å². The lowest BCUT2D eigenvalue weighted by molar-refractivity contribution is -0.137. The number of fused-ring (bicyclic) bond motifs is 1. The van der Waals surface area contributed by atoms with Crippen LogP contribution in [0.1, 0.15) is 30.1 Å². The summed E-state index contributed by atoms with van der Waals surface area (Å²) in [6, 6.07) is 3.14. The fourth-order valence-electron chi connectivity index (χ4n) is 4.28. The predicted octanol–water partition coefficient (Wildman–Crippen LogP) is 2.51. The summed E-state index contributed by atoms with van der Waals surface area (Å²) in [7, 11) is 0. The van der Waals surface area contributed by atoms with Gasteiger partial charge in [0.1, 0.15) is 22.8 Å². The maximum absolute atomic E-state index is 15.1. The monoisotopic (exact) mass is 490 g/mol. The lowest BCUT2D eigenvalue weighted by Crippen LogP contribution is -2.39. The molecule has 0 aliphatic carbocycles. The topological polar surface area (TPSA) is 124 Å². The number of pyridine rings is 1. The third-order valence-electron chi connectivity index (χ3n) is 5.82. The fraction of sp³-hybridized carbons (Fsp3) is 0.304. The second kappa shape index (κ2) is 9.37. The van der Waals surface area contributed by atoms with Crippen molar-refractivity contribution in [3.05, 3.63) is 63.8 Å². The van der Waals surface area contributed by atoms with Crippen molar-refractivity contribution in [1.82, 2.24) is 14.7 Å². The Balaban J connectivity index is 1.80. The normalized spacial score (nSPS) is 16.6. The lowest BCUT2D eigenvalue weighted by atomic mass is 10.0. The number of aromatic nitrogens is 2. The van der Waals surface area contributed by atoms with Crippen molar-refractivity contribution in [2.75, 3.05) is 18.0 Å². The van der Waals surface area contributed by atoms with Crippen molar-refractivity contribution in [2.24, 2.45) is 0 Å². The molecule has 2 unspecified atom stereocenters. The number of anilines is 1. The molecule has 1 aliphatic heterocycles. The highest BCUT2D eigenvalue weighted by Gasteiger charge is 2.28. The average molecular weight is 490 g/mol. The van der Waals surface area contributed by atoms with E-state index in [-0.39, 0.29) is 41.1 Å². The summed E-state index contributed by atoms with van der Waals surface area (Å²) in [6.45, 7) is 2.39. The lowest BCUT2D eigenvalue weighted by Gasteiger charge is -2.21. The molecular formula is C23H21F3N4O5. The second-order valence-corrected chi connectivity index (χ2v) is 8.41. The van der Waals surface area contributed by atoms with Gasteiger partial charge in [-0.3, -0.25) is 14.0 Å². The first-order chi connectivity index (χ1) is 16.5. The number of halogens is 3. The van der Waals surface area contributed by atoms with Gasteiger partial charge in [0.05, 0.1) is 12.6 Å². The molecule has 0 bridgehead atoms. The van der Waals surface area contributed by atoms with E-state index in [4.69, 9.17) is 5.11 Å². The first-order valence-corrected chi connectivity index (χ1v) is 10.7. The summed E-state index contributed by atoms with van der Waals surface area (Å²) in [5.41, 5.74) is -2.31. The molecular weight excluding hydrogens is 469 g/mol. The van der Waals surface area contributed by atoms with E-state index >= 15 is 4.39 Å². The van der Waals surface area contributed by atoms with Crippen molar-refractivity contribution < 1.29 is 33.0 Å². The number of benzene rings is 1. The van der Waals surface area contributed by atoms with E-state index < -0.39 is 40.5 Å². The quantitative estimate of drug-likeness (QED) is 0.462. The van der Waals surface area contributed by atoms with Gasteiger partial charge in [0.25, 0.3) is 5.56 Å². The molecule has 1 aliphatic rings. The Bertz CT molecular complexity index is 1390. The Morgan fingerprint density at radius 3 is 2.57 bits per heavy atom. The number of aliphatic carboxylic acids is 1. The molecule has 1 saturated heterocycles. The number of carboxylic acids is 2. The highest BCUT2D eigenvalue weighted by Crippen LogP contribution is 2.30. The third kappa shape index (κ3) is 4.83. The molecule has 1 fully saturated rings. The van der Waals surface area contributed by atoms with Crippen LogP contribution in [-0.2, 0) is 4.79 Å². The molecule has 3 N–H and O–H groups in total. The number of carboxylic acid groups (broad SMARTS) is 2. The molecule has 184 valence electrons. The first-order valence-electron chi connectivity index (χ1n) is 10.7. The molecule has 9 nitrogen and oxygen atoms in total. The van der Waals surface area contributed by atoms with Crippen molar-refractivity contribution in [3.63, 3.8) is 0 Å². The molecule has 0 saturated carbocycles. The zero-order valence-corrected chi connectivity index (χ0v) is 18.5. The summed E-state index contributed by atoms with van der Waals surface area (Å²) >= 11 is 0. The zero-order valence-electron chi connectivity index (χ0n) is 18.5. The minimum absolute atomic E-state index is 0.0828. The van der Waals surface area contributed by atoms with Crippen LogP contribution in [0.3, 0.4) is 0 Å². The first kappa shape index (κ1) is 24.2. The Kier molecular flexibility index (Phi) is 6.48. The van der Waals surface area contributed by atoms with Gasteiger partial charge in [-0.25, -0.2) is 22.9 Å². The zero-order chi connectivity index (χ0) is 25.4. The summed E-state index contributed by atoms with van der Waals surface area (Å²) in [4.78, 5) is 41.1. The van der Waals surface area contributed by atoms with Gasteiger partial charge < -0.3 is 20.4 Å². The van der Waals surface area contributed by atoms with E-state index in [0.717, 1.165) is 24.4 Å². The average Bonchev–Trinajstić information content (AvgIpc) is 3.21. The Labute approximate surface area is 196 Å². The molecule has 2 atom stereocenters. The largest absolute Gasteiger partial charge is 0.481 e. The van der Waals surface area contributed by atoms with Crippen molar-refractivity contribution in [3.8, 4) is 11.1 Å². The molecule has 0 radical (unpaired) electrons. The molecule has 0 spiro atoms. The maximum atomic E-state index is 15.1. The standard InChI is InChI=1S/C23H21F3N4O5/c1-11(6-19(31)32)27-13-4-5-29(9-13)21-18(26)10-30-20(28-21)15(8-16(22(30)33)23(34)35)14-3-2-12(24)7-17(14)25/h2-3,7-8,10-11,13,27H,4-6,9H2,1H3,(H,31,32)(H,34,35). The van der Waals surface area contributed by atoms with Crippen LogP contribution >= 0.6 is 0 Å². The van der Waals surface area contributed by atoms with Gasteiger partial charge in [0, 0.05) is 42.4 Å². The van der Waals surface area contributed by atoms with E-state index in [1.807, 2.05) is 0 Å². The molecule has 3 aromatic rings. The molecule has 4 rings (SSSR count). The van der Waals surface area contributed by atoms with Crippen LogP contribution < -0.4 is 15.8 Å². The smallest absolute Gasteiger partial charge is 0.341 e. The Hall–Kier alpha value is -3.93. The van der Waals surface area contributed by atoms with Gasteiger partial charge >= 0.3 is 11.9 Å². The summed E-state index contributed by atoms with van der Waals surface area (Å²) < 4.78 is 43.8. The number of hydrogen-bond acceptors (Lipinski definition) is 6. The van der Waals surface area contributed by atoms with Gasteiger partial charge in [-0.1, -0.05) is 0 Å². The molecule has 35 heavy (non-hydrogen) atoms. The second-order valence-electron chi connectivity index (χ2n) is 8.41. The molecule has 3 heterocycles. The van der Waals surface area contributed by atoms with Crippen LogP contribution in [0.4, 0.5) is 19.0 Å². The van der Waals surface area contributed by atoms with Gasteiger partial charge in [-0.05, 0) is 31.5 Å². The maximum Gasteiger partial charge on any atom is 0.341 e. The van der Waals surface area contributed by atoms with Crippen LogP contribution in [-0.4, -0.2) is 56.7 Å². The van der Waals surface area contributed by atoms with Gasteiger partial charge in [-0.15, -0.1) is 0 Å². The van der Waals surface area contributed by atoms with Crippen molar-refractivity contribution >= 4 is 23.4 Å². The van der Waals surface area contributed by atoms with E-state index in [2.05, 4.69) is 10.3 Å². The number of rotatable bonds is 7. The number of nitrogens with zero attached hydrogens (tertiary/aromatic N) is 3. The number of carbonyl (C=O) groups is 2. The SMILES string of the molecule is CC(CC(=O)O)NC1CCN(c2nc3c(-c4ccc(F)cc4F)cc(C(=O)O)c(=O)n3cc2F)C1. The van der Waals surface area contributed by atoms with Gasteiger partial charge in [0.2, 0.25) is 0 Å². The van der Waals surface area contributed by atoms with Crippen molar-refractivity contribution in [2.45, 2.75) is 31.8 Å². The van der Waals surface area contributed by atoms with E-state index in [1.54, 1.807) is 11.8 Å². The van der Waals surface area contributed by atoms with Crippen molar-refractivity contribution in [1.29, 1.82) is 0 Å². The third-order valence-corrected chi connectivity index (χ3v) is 5.82. The fourth-order valence-corrected chi connectivity index (χ4v) is 4.28. The highest BCUT2D eigenvalue weighted by molar-refractivity contribution is 5.91. The van der Waals surface area contributed by atoms with Crippen LogP contribution in [0.5, 0.6) is 0 Å². The summed E-state index contributed by atoms with van der Waals surface area (Å²) in [5, 5.41) is 21.5. The van der Waals surface area contributed by atoms with E-state index in [1.165, 1.54) is 0 Å². The molecule has 2 aromatic heterocycles. The number of hydrogen-bond donors (Lipinski definition) is 3. The van der Waals surface area contributed by atoms with Crippen LogP contribution in [0.2, 0.25) is 0 Å². The minimum atomic E-state index is -1.60. The predicted molar refractivity (Wildman–Crippen MR) is 119 cm³/mol. The Morgan fingerprint density at radius 1 is 1.17 bits per heavy atom. The van der Waals surface area contributed by atoms with Crippen LogP contribution in [0.15, 0.2) is 35.3 Å². The van der Waals surface area contributed by atoms with Gasteiger partial charge in [-0.2, -0.15) is 0 Å².